The second-order valence-corrected chi connectivity index (χ2v) is 5.62. The standard InChI is InChI=1S/C12H18BrN3O/c1-8(14)4-5-15-12(17)11-6-9(13)7-16(11)10-2-3-10/h6-8,10H,2-5,14H2,1H3,(H,15,17). The molecule has 1 aliphatic carbocycles. The van der Waals surface area contributed by atoms with Crippen molar-refractivity contribution in [3.8, 4) is 0 Å². The Labute approximate surface area is 110 Å². The zero-order chi connectivity index (χ0) is 12.4. The van der Waals surface area contributed by atoms with Gasteiger partial charge in [0.05, 0.1) is 0 Å². The van der Waals surface area contributed by atoms with Gasteiger partial charge in [0, 0.05) is 29.3 Å². The van der Waals surface area contributed by atoms with Crippen molar-refractivity contribution in [2.24, 2.45) is 5.73 Å². The first-order valence-electron chi connectivity index (χ1n) is 5.99. The van der Waals surface area contributed by atoms with E-state index >= 15 is 0 Å². The maximum absolute atomic E-state index is 12.0. The number of halogens is 1. The number of nitrogens with two attached hydrogens (primary N) is 1. The van der Waals surface area contributed by atoms with E-state index in [1.54, 1.807) is 0 Å². The Morgan fingerprint density at radius 1 is 1.71 bits per heavy atom. The lowest BCUT2D eigenvalue weighted by molar-refractivity contribution is 0.0943. The number of amides is 1. The third kappa shape index (κ3) is 3.33. The molecule has 0 aliphatic heterocycles. The molecule has 0 radical (unpaired) electrons. The van der Waals surface area contributed by atoms with E-state index in [2.05, 4.69) is 25.8 Å². The van der Waals surface area contributed by atoms with Crippen LogP contribution in [-0.2, 0) is 0 Å². The fourth-order valence-electron chi connectivity index (χ4n) is 1.79. The minimum atomic E-state index is -0.0109. The van der Waals surface area contributed by atoms with Crippen LogP contribution in [0.3, 0.4) is 0 Å². The average molecular weight is 300 g/mol. The number of hydrogen-bond acceptors (Lipinski definition) is 2. The highest BCUT2D eigenvalue weighted by molar-refractivity contribution is 9.10. The van der Waals surface area contributed by atoms with Crippen molar-refractivity contribution in [3.05, 3.63) is 22.4 Å². The van der Waals surface area contributed by atoms with Crippen LogP contribution < -0.4 is 11.1 Å². The van der Waals surface area contributed by atoms with Crippen LogP contribution in [0.25, 0.3) is 0 Å². The molecule has 0 aromatic carbocycles. The van der Waals surface area contributed by atoms with Gasteiger partial charge in [-0.2, -0.15) is 0 Å². The summed E-state index contributed by atoms with van der Waals surface area (Å²) in [5.74, 6) is -0.0109. The largest absolute Gasteiger partial charge is 0.351 e. The van der Waals surface area contributed by atoms with Crippen molar-refractivity contribution in [1.29, 1.82) is 0 Å². The van der Waals surface area contributed by atoms with Gasteiger partial charge in [-0.1, -0.05) is 0 Å². The molecule has 3 N–H and O–H groups in total. The van der Waals surface area contributed by atoms with Crippen molar-refractivity contribution in [2.75, 3.05) is 6.54 Å². The number of nitrogens with zero attached hydrogens (tertiary/aromatic N) is 1. The quantitative estimate of drug-likeness (QED) is 0.874. The van der Waals surface area contributed by atoms with Crippen LogP contribution in [0.15, 0.2) is 16.7 Å². The summed E-state index contributed by atoms with van der Waals surface area (Å²) in [6, 6.07) is 2.51. The molecule has 1 fully saturated rings. The van der Waals surface area contributed by atoms with Crippen LogP contribution in [0, 0.1) is 0 Å². The zero-order valence-electron chi connectivity index (χ0n) is 9.95. The number of nitrogens with one attached hydrogen (secondary N) is 1. The highest BCUT2D eigenvalue weighted by Crippen LogP contribution is 2.37. The average Bonchev–Trinajstić information content (AvgIpc) is 3.01. The van der Waals surface area contributed by atoms with Crippen LogP contribution >= 0.6 is 15.9 Å². The monoisotopic (exact) mass is 299 g/mol. The molecule has 1 heterocycles. The minimum absolute atomic E-state index is 0.0109. The fraction of sp³-hybridized carbons (Fsp3) is 0.583. The lowest BCUT2D eigenvalue weighted by Gasteiger charge is -2.09. The first-order chi connectivity index (χ1) is 8.08. The van der Waals surface area contributed by atoms with E-state index in [9.17, 15) is 4.79 Å². The maximum atomic E-state index is 12.0. The van der Waals surface area contributed by atoms with Gasteiger partial charge in [0.2, 0.25) is 0 Å². The summed E-state index contributed by atoms with van der Waals surface area (Å²) >= 11 is 3.42. The van der Waals surface area contributed by atoms with Gasteiger partial charge in [-0.3, -0.25) is 4.79 Å². The number of hydrogen-bond donors (Lipinski definition) is 2. The lowest BCUT2D eigenvalue weighted by Crippen LogP contribution is -2.30. The second-order valence-electron chi connectivity index (χ2n) is 4.70. The summed E-state index contributed by atoms with van der Waals surface area (Å²) in [6.45, 7) is 2.57. The summed E-state index contributed by atoms with van der Waals surface area (Å²) in [5.41, 5.74) is 6.39. The van der Waals surface area contributed by atoms with E-state index in [0.717, 1.165) is 16.6 Å². The van der Waals surface area contributed by atoms with E-state index in [-0.39, 0.29) is 11.9 Å². The minimum Gasteiger partial charge on any atom is -0.351 e. The smallest absolute Gasteiger partial charge is 0.267 e. The van der Waals surface area contributed by atoms with Crippen LogP contribution in [0.2, 0.25) is 0 Å². The Balaban J connectivity index is 1.98. The Bertz CT molecular complexity index is 410. The number of carbonyl (C=O) groups is 1. The summed E-state index contributed by atoms with van der Waals surface area (Å²) in [6.07, 6.45) is 5.12. The van der Waals surface area contributed by atoms with Crippen LogP contribution in [0.4, 0.5) is 0 Å². The molecule has 1 aromatic rings. The Hall–Kier alpha value is -0.810. The SMILES string of the molecule is CC(N)CCNC(=O)c1cc(Br)cn1C1CC1. The summed E-state index contributed by atoms with van der Waals surface area (Å²) in [7, 11) is 0. The fourth-order valence-corrected chi connectivity index (χ4v) is 2.22. The van der Waals surface area contributed by atoms with Gasteiger partial charge in [0.15, 0.2) is 0 Å². The predicted octanol–water partition coefficient (Wildman–Crippen LogP) is 2.05. The van der Waals surface area contributed by atoms with Gasteiger partial charge in [0.1, 0.15) is 5.69 Å². The van der Waals surface area contributed by atoms with Crippen LogP contribution in [0.5, 0.6) is 0 Å². The molecule has 4 nitrogen and oxygen atoms in total. The summed E-state index contributed by atoms with van der Waals surface area (Å²) in [5, 5.41) is 2.91. The molecular weight excluding hydrogens is 282 g/mol. The van der Waals surface area contributed by atoms with E-state index in [1.807, 2.05) is 19.2 Å². The van der Waals surface area contributed by atoms with E-state index in [0.29, 0.717) is 12.6 Å². The van der Waals surface area contributed by atoms with Crippen molar-refractivity contribution < 1.29 is 4.79 Å². The van der Waals surface area contributed by atoms with E-state index in [4.69, 9.17) is 5.73 Å². The third-order valence-corrected chi connectivity index (χ3v) is 3.31. The van der Waals surface area contributed by atoms with Crippen LogP contribution in [-0.4, -0.2) is 23.1 Å². The number of aromatic nitrogens is 1. The van der Waals surface area contributed by atoms with Crippen molar-refractivity contribution >= 4 is 21.8 Å². The molecule has 5 heteroatoms. The molecule has 0 spiro atoms. The predicted molar refractivity (Wildman–Crippen MR) is 71.0 cm³/mol. The number of carbonyl (C=O) groups excluding carboxylic acids is 1. The summed E-state index contributed by atoms with van der Waals surface area (Å²) in [4.78, 5) is 12.0. The number of rotatable bonds is 5. The topological polar surface area (TPSA) is 60.0 Å². The lowest BCUT2D eigenvalue weighted by atomic mass is 10.2. The van der Waals surface area contributed by atoms with Crippen molar-refractivity contribution in [3.63, 3.8) is 0 Å². The van der Waals surface area contributed by atoms with E-state index < -0.39 is 0 Å². The van der Waals surface area contributed by atoms with Gasteiger partial charge in [-0.05, 0) is 48.2 Å². The molecule has 0 saturated heterocycles. The first kappa shape index (κ1) is 12.6. The molecule has 2 rings (SSSR count). The van der Waals surface area contributed by atoms with Gasteiger partial charge in [0.25, 0.3) is 5.91 Å². The Morgan fingerprint density at radius 2 is 2.41 bits per heavy atom. The first-order valence-corrected chi connectivity index (χ1v) is 6.78. The molecule has 0 bridgehead atoms. The maximum Gasteiger partial charge on any atom is 0.267 e. The highest BCUT2D eigenvalue weighted by atomic mass is 79.9. The normalized spacial score (nSPS) is 16.9. The van der Waals surface area contributed by atoms with Gasteiger partial charge in [-0.15, -0.1) is 0 Å². The summed E-state index contributed by atoms with van der Waals surface area (Å²) < 4.78 is 3.02. The zero-order valence-corrected chi connectivity index (χ0v) is 11.5. The highest BCUT2D eigenvalue weighted by Gasteiger charge is 2.27. The van der Waals surface area contributed by atoms with Crippen molar-refractivity contribution in [2.45, 2.75) is 38.3 Å². The Morgan fingerprint density at radius 3 is 3.00 bits per heavy atom. The molecule has 1 atom stereocenters. The second kappa shape index (κ2) is 5.23. The van der Waals surface area contributed by atoms with Crippen molar-refractivity contribution in [1.82, 2.24) is 9.88 Å². The molecule has 1 amide bonds. The van der Waals surface area contributed by atoms with E-state index in [1.165, 1.54) is 12.8 Å². The third-order valence-electron chi connectivity index (χ3n) is 2.87. The van der Waals surface area contributed by atoms with Crippen LogP contribution in [0.1, 0.15) is 42.7 Å². The Kier molecular flexibility index (Phi) is 3.89. The molecule has 17 heavy (non-hydrogen) atoms. The van der Waals surface area contributed by atoms with Gasteiger partial charge in [-0.25, -0.2) is 0 Å². The molecule has 1 aromatic heterocycles. The molecule has 1 saturated carbocycles. The molecule has 1 unspecified atom stereocenters. The molecule has 1 aliphatic rings. The molecule has 94 valence electrons. The van der Waals surface area contributed by atoms with Gasteiger partial charge >= 0.3 is 0 Å². The molecular formula is C12H18BrN3O. The van der Waals surface area contributed by atoms with Gasteiger partial charge < -0.3 is 15.6 Å².